The quantitative estimate of drug-likeness (QED) is 0.317. The average molecular weight is 388 g/mol. The van der Waals surface area contributed by atoms with Gasteiger partial charge in [0.05, 0.1) is 16.2 Å². The Morgan fingerprint density at radius 1 is 1.17 bits per heavy atom. The molecule has 144 valence electrons. The lowest BCUT2D eigenvalue weighted by Gasteiger charge is -2.09. The number of nitro groups is 1. The van der Waals surface area contributed by atoms with Crippen LogP contribution >= 0.6 is 0 Å². The van der Waals surface area contributed by atoms with Crippen molar-refractivity contribution >= 4 is 28.7 Å². The molecule has 0 radical (unpaired) electrons. The molecular weight excluding hydrogens is 374 g/mol. The molecule has 0 saturated heterocycles. The molecular formula is C21H14N3O5-. The van der Waals surface area contributed by atoms with Gasteiger partial charge >= 0.3 is 0 Å². The first kappa shape index (κ1) is 18.2. The van der Waals surface area contributed by atoms with Crippen molar-refractivity contribution in [1.29, 1.82) is 0 Å². The van der Waals surface area contributed by atoms with Gasteiger partial charge in [-0.05, 0) is 54.1 Å². The number of aryl methyl sites for hydroxylation is 1. The van der Waals surface area contributed by atoms with Gasteiger partial charge in [-0.1, -0.05) is 18.2 Å². The van der Waals surface area contributed by atoms with E-state index in [0.717, 1.165) is 11.6 Å². The van der Waals surface area contributed by atoms with Crippen molar-refractivity contribution in [2.45, 2.75) is 6.92 Å². The molecule has 8 nitrogen and oxygen atoms in total. The van der Waals surface area contributed by atoms with Crippen molar-refractivity contribution < 1.29 is 19.6 Å². The zero-order valence-electron chi connectivity index (χ0n) is 15.2. The molecule has 1 heterocycles. The lowest BCUT2D eigenvalue weighted by Crippen LogP contribution is -2.01. The number of para-hydroxylation sites is 1. The van der Waals surface area contributed by atoms with Gasteiger partial charge in [-0.25, -0.2) is 4.98 Å². The number of aliphatic imine (C=N–C) groups is 1. The van der Waals surface area contributed by atoms with Gasteiger partial charge in [0, 0.05) is 12.3 Å². The fraction of sp³-hybridized carbons (Fsp3) is 0.0476. The summed E-state index contributed by atoms with van der Waals surface area (Å²) in [7, 11) is 0. The number of hydrogen-bond donors (Lipinski definition) is 1. The maximum atomic E-state index is 12.1. The molecule has 8 heteroatoms. The number of aromatic nitrogens is 1. The summed E-state index contributed by atoms with van der Waals surface area (Å²) in [5.74, 6) is -0.512. The molecule has 0 aliphatic heterocycles. The molecule has 0 spiro atoms. The van der Waals surface area contributed by atoms with E-state index in [-0.39, 0.29) is 17.2 Å². The van der Waals surface area contributed by atoms with Crippen LogP contribution in [-0.4, -0.2) is 21.2 Å². The second-order valence-corrected chi connectivity index (χ2v) is 6.40. The minimum atomic E-state index is -0.729. The van der Waals surface area contributed by atoms with Crippen LogP contribution in [0.4, 0.5) is 11.4 Å². The molecule has 0 unspecified atom stereocenters. The molecule has 4 rings (SSSR count). The average Bonchev–Trinajstić information content (AvgIpc) is 3.10. The summed E-state index contributed by atoms with van der Waals surface area (Å²) >= 11 is 0. The topological polar surface area (TPSA) is 125 Å². The van der Waals surface area contributed by atoms with E-state index >= 15 is 0 Å². The summed E-state index contributed by atoms with van der Waals surface area (Å²) in [5.41, 5.74) is 2.63. The van der Waals surface area contributed by atoms with E-state index in [0.29, 0.717) is 22.4 Å². The molecule has 1 aromatic heterocycles. The highest BCUT2D eigenvalue weighted by Gasteiger charge is 2.13. The van der Waals surface area contributed by atoms with Gasteiger partial charge in [0.15, 0.2) is 5.58 Å². The number of aromatic hydroxyl groups is 1. The number of hydrogen-bond acceptors (Lipinski definition) is 7. The third-order valence-electron chi connectivity index (χ3n) is 4.33. The Kier molecular flexibility index (Phi) is 4.44. The van der Waals surface area contributed by atoms with Crippen LogP contribution < -0.4 is 5.11 Å². The maximum Gasteiger partial charge on any atom is 0.262 e. The number of nitrogens with zero attached hydrogens (tertiary/aromatic N) is 3. The molecule has 0 aliphatic carbocycles. The van der Waals surface area contributed by atoms with Crippen LogP contribution in [0.1, 0.15) is 11.1 Å². The Hall–Kier alpha value is -4.20. The van der Waals surface area contributed by atoms with Crippen molar-refractivity contribution in [3.8, 4) is 23.0 Å². The molecule has 3 aromatic carbocycles. The first-order valence-electron chi connectivity index (χ1n) is 8.61. The van der Waals surface area contributed by atoms with Gasteiger partial charge < -0.3 is 14.6 Å². The zero-order valence-corrected chi connectivity index (χ0v) is 15.2. The number of oxazole rings is 1. The molecule has 0 fully saturated rings. The van der Waals surface area contributed by atoms with Crippen LogP contribution in [-0.2, 0) is 0 Å². The minimum absolute atomic E-state index is 0.0351. The first-order chi connectivity index (χ1) is 13.9. The number of nitro benzene ring substituents is 1. The van der Waals surface area contributed by atoms with Crippen LogP contribution in [0.15, 0.2) is 64.0 Å². The van der Waals surface area contributed by atoms with Crippen molar-refractivity contribution in [2.24, 2.45) is 4.99 Å². The van der Waals surface area contributed by atoms with Gasteiger partial charge in [-0.3, -0.25) is 15.1 Å². The fourth-order valence-electron chi connectivity index (χ4n) is 2.86. The molecule has 0 aliphatic rings. The highest BCUT2D eigenvalue weighted by atomic mass is 16.6. The summed E-state index contributed by atoms with van der Waals surface area (Å²) in [4.78, 5) is 18.8. The Bertz CT molecular complexity index is 1280. The number of rotatable bonds is 4. The number of phenolic OH excluding ortho intramolecular Hbond substituents is 1. The normalized spacial score (nSPS) is 11.3. The number of fused-ring (bicyclic) bond motifs is 1. The lowest BCUT2D eigenvalue weighted by molar-refractivity contribution is -0.398. The van der Waals surface area contributed by atoms with E-state index < -0.39 is 16.4 Å². The molecule has 29 heavy (non-hydrogen) atoms. The van der Waals surface area contributed by atoms with Crippen LogP contribution in [0.3, 0.4) is 0 Å². The fourth-order valence-corrected chi connectivity index (χ4v) is 2.86. The molecule has 0 bridgehead atoms. The highest BCUT2D eigenvalue weighted by Crippen LogP contribution is 2.34. The Balaban J connectivity index is 1.71. The third-order valence-corrected chi connectivity index (χ3v) is 4.33. The van der Waals surface area contributed by atoms with E-state index in [1.165, 1.54) is 24.4 Å². The largest absolute Gasteiger partial charge is 0.867 e. The van der Waals surface area contributed by atoms with E-state index in [1.807, 2.05) is 19.1 Å². The van der Waals surface area contributed by atoms with Gasteiger partial charge in [0.1, 0.15) is 11.3 Å². The predicted octanol–water partition coefficient (Wildman–Crippen LogP) is 4.24. The molecule has 0 amide bonds. The van der Waals surface area contributed by atoms with E-state index in [1.54, 1.807) is 18.2 Å². The Morgan fingerprint density at radius 2 is 2.00 bits per heavy atom. The predicted molar refractivity (Wildman–Crippen MR) is 106 cm³/mol. The zero-order chi connectivity index (χ0) is 20.5. The smallest absolute Gasteiger partial charge is 0.262 e. The summed E-state index contributed by atoms with van der Waals surface area (Å²) in [6.45, 7) is 1.94. The minimum Gasteiger partial charge on any atom is -0.867 e. The number of phenols is 1. The standard InChI is InChI=1S/C21H15N3O5/c1-12-5-8-19-16(9-12)23-21(29-19)15-10-14(6-7-18(15)25)22-11-13-3-2-4-17(20(13)26)24(27)28/h2-11,25-26H,1H3/p-1. The van der Waals surface area contributed by atoms with Crippen LogP contribution in [0, 0.1) is 17.0 Å². The number of benzene rings is 3. The highest BCUT2D eigenvalue weighted by molar-refractivity contribution is 5.87. The van der Waals surface area contributed by atoms with Crippen LogP contribution in [0.2, 0.25) is 0 Å². The SMILES string of the molecule is Cc1ccc2oc(-c3cc(N=Cc4cccc([N+](=O)[O-])c4[O-])ccc3O)nc2c1. The molecule has 1 N–H and O–H groups in total. The Morgan fingerprint density at radius 3 is 2.79 bits per heavy atom. The summed E-state index contributed by atoms with van der Waals surface area (Å²) < 4.78 is 5.72. The van der Waals surface area contributed by atoms with Gasteiger partial charge in [-0.15, -0.1) is 0 Å². The lowest BCUT2D eigenvalue weighted by atomic mass is 10.1. The molecule has 0 saturated carbocycles. The molecule has 4 aromatic rings. The summed E-state index contributed by atoms with van der Waals surface area (Å²) in [6.07, 6.45) is 1.25. The van der Waals surface area contributed by atoms with Crippen LogP contribution in [0.5, 0.6) is 11.5 Å². The van der Waals surface area contributed by atoms with Gasteiger partial charge in [0.2, 0.25) is 5.89 Å². The van der Waals surface area contributed by atoms with Crippen molar-refractivity contribution in [3.05, 3.63) is 75.8 Å². The van der Waals surface area contributed by atoms with E-state index in [4.69, 9.17) is 4.42 Å². The van der Waals surface area contributed by atoms with Gasteiger partial charge in [0.25, 0.3) is 5.69 Å². The Labute approximate surface area is 164 Å². The first-order valence-corrected chi connectivity index (χ1v) is 8.61. The third kappa shape index (κ3) is 3.51. The second kappa shape index (κ2) is 7.08. The van der Waals surface area contributed by atoms with Crippen molar-refractivity contribution in [2.75, 3.05) is 0 Å². The summed E-state index contributed by atoms with van der Waals surface area (Å²) in [5, 5.41) is 33.2. The second-order valence-electron chi connectivity index (χ2n) is 6.40. The molecule has 0 atom stereocenters. The van der Waals surface area contributed by atoms with Gasteiger partial charge in [-0.2, -0.15) is 0 Å². The van der Waals surface area contributed by atoms with E-state index in [9.17, 15) is 20.3 Å². The van der Waals surface area contributed by atoms with Crippen molar-refractivity contribution in [3.63, 3.8) is 0 Å². The summed E-state index contributed by atoms with van der Waals surface area (Å²) in [6, 6.07) is 14.1. The van der Waals surface area contributed by atoms with Crippen molar-refractivity contribution in [1.82, 2.24) is 4.98 Å². The monoisotopic (exact) mass is 388 g/mol. The maximum absolute atomic E-state index is 12.1. The van der Waals surface area contributed by atoms with Crippen LogP contribution in [0.25, 0.3) is 22.6 Å². The van der Waals surface area contributed by atoms with E-state index in [2.05, 4.69) is 9.98 Å².